The molecule has 0 saturated heterocycles. The number of rotatable bonds is 5. The lowest BCUT2D eigenvalue weighted by molar-refractivity contribution is 0.607. The molecule has 0 saturated carbocycles. The summed E-state index contributed by atoms with van der Waals surface area (Å²) in [5.41, 5.74) is 7.79. The average Bonchev–Trinajstić information content (AvgIpc) is 3.18. The van der Waals surface area contributed by atoms with Crippen LogP contribution in [0.2, 0.25) is 0 Å². The van der Waals surface area contributed by atoms with E-state index in [4.69, 9.17) is 0 Å². The first-order valence-corrected chi connectivity index (χ1v) is 13.5. The average molecular weight is 572 g/mol. The monoisotopic (exact) mass is 571 g/mol. The van der Waals surface area contributed by atoms with Crippen molar-refractivity contribution in [2.24, 2.45) is 0 Å². The molecule has 0 bridgehead atoms. The first-order valence-electron chi connectivity index (χ1n) is 12.4. The van der Waals surface area contributed by atoms with E-state index in [1.807, 2.05) is 0 Å². The van der Waals surface area contributed by atoms with Crippen molar-refractivity contribution in [3.63, 3.8) is 0 Å². The van der Waals surface area contributed by atoms with Crippen molar-refractivity contribution in [1.29, 1.82) is 0 Å². The van der Waals surface area contributed by atoms with Gasteiger partial charge in [0.15, 0.2) is 0 Å². The molecule has 4 aromatic carbocycles. The molecule has 5 rings (SSSR count). The SMILES string of the molecule is CC(C)(c1ccccc1)c1ccc2c(c1)c1cc(C(C)(C)c3ccccc3)ccc1n2C(C)(C)I. The Balaban J connectivity index is 1.77. The number of alkyl halides is 1. The summed E-state index contributed by atoms with van der Waals surface area (Å²) >= 11 is 2.57. The van der Waals surface area contributed by atoms with E-state index in [9.17, 15) is 0 Å². The van der Waals surface area contributed by atoms with Gasteiger partial charge in [-0.05, 0) is 60.4 Å². The molecular formula is C33H34IN. The minimum absolute atomic E-state index is 0.0509. The Morgan fingerprint density at radius 2 is 0.857 bits per heavy atom. The molecule has 1 aromatic heterocycles. The fourth-order valence-corrected chi connectivity index (χ4v) is 5.94. The topological polar surface area (TPSA) is 4.93 Å². The molecule has 0 atom stereocenters. The first kappa shape index (κ1) is 24.1. The smallest absolute Gasteiger partial charge is 0.0910 e. The maximum Gasteiger partial charge on any atom is 0.0910 e. The minimum atomic E-state index is -0.0787. The van der Waals surface area contributed by atoms with Crippen molar-refractivity contribution in [3.05, 3.63) is 119 Å². The highest BCUT2D eigenvalue weighted by atomic mass is 127. The normalized spacial score (nSPS) is 13.0. The minimum Gasteiger partial charge on any atom is -0.326 e. The maximum absolute atomic E-state index is 2.57. The van der Waals surface area contributed by atoms with Crippen LogP contribution in [0.15, 0.2) is 97.1 Å². The van der Waals surface area contributed by atoms with Crippen molar-refractivity contribution < 1.29 is 0 Å². The third-order valence-corrected chi connectivity index (χ3v) is 8.21. The van der Waals surface area contributed by atoms with Crippen molar-refractivity contribution >= 4 is 44.4 Å². The van der Waals surface area contributed by atoms with E-state index >= 15 is 0 Å². The van der Waals surface area contributed by atoms with Gasteiger partial charge >= 0.3 is 0 Å². The molecule has 35 heavy (non-hydrogen) atoms. The Morgan fingerprint density at radius 3 is 1.20 bits per heavy atom. The number of fused-ring (bicyclic) bond motifs is 3. The predicted octanol–water partition coefficient (Wildman–Crippen LogP) is 9.57. The Morgan fingerprint density at radius 1 is 0.486 bits per heavy atom. The van der Waals surface area contributed by atoms with E-state index in [0.29, 0.717) is 0 Å². The van der Waals surface area contributed by atoms with Crippen LogP contribution in [0.3, 0.4) is 0 Å². The van der Waals surface area contributed by atoms with Gasteiger partial charge in [0, 0.05) is 21.6 Å². The lowest BCUT2D eigenvalue weighted by Crippen LogP contribution is -2.19. The molecular weight excluding hydrogens is 537 g/mol. The highest BCUT2D eigenvalue weighted by molar-refractivity contribution is 14.1. The second kappa shape index (κ2) is 8.51. The van der Waals surface area contributed by atoms with Crippen LogP contribution in [0, 0.1) is 0 Å². The van der Waals surface area contributed by atoms with Gasteiger partial charge < -0.3 is 4.57 Å². The molecule has 0 aliphatic heterocycles. The standard InChI is InChI=1S/C33H34IN/c1-31(2,23-13-9-7-10-14-23)25-17-19-29-27(21-25)28-22-26(18-20-30(28)35(29)33(5,6)34)32(3,4)24-15-11-8-12-16-24/h7-22H,1-6H3. The summed E-state index contributed by atoms with van der Waals surface area (Å²) in [7, 11) is 0. The van der Waals surface area contributed by atoms with Crippen molar-refractivity contribution in [2.45, 2.75) is 55.9 Å². The van der Waals surface area contributed by atoms with Crippen molar-refractivity contribution in [1.82, 2.24) is 4.57 Å². The largest absolute Gasteiger partial charge is 0.326 e. The van der Waals surface area contributed by atoms with Crippen LogP contribution in [0.4, 0.5) is 0 Å². The van der Waals surface area contributed by atoms with Gasteiger partial charge in [-0.3, -0.25) is 0 Å². The Bertz CT molecular complexity index is 1390. The summed E-state index contributed by atoms with van der Waals surface area (Å²) in [5, 5.41) is 2.66. The third kappa shape index (κ3) is 4.10. The molecule has 178 valence electrons. The van der Waals surface area contributed by atoms with Crippen molar-refractivity contribution in [3.8, 4) is 0 Å². The zero-order chi connectivity index (χ0) is 25.0. The summed E-state index contributed by atoms with van der Waals surface area (Å²) < 4.78 is 2.45. The molecule has 5 aromatic rings. The molecule has 0 aliphatic rings. The van der Waals surface area contributed by atoms with Gasteiger partial charge in [0.1, 0.15) is 0 Å². The van der Waals surface area contributed by atoms with E-state index < -0.39 is 0 Å². The number of nitrogens with zero attached hydrogens (tertiary/aromatic N) is 1. The molecule has 0 aliphatic carbocycles. The number of hydrogen-bond donors (Lipinski definition) is 0. The molecule has 0 spiro atoms. The molecule has 1 nitrogen and oxygen atoms in total. The van der Waals surface area contributed by atoms with Gasteiger partial charge in [-0.2, -0.15) is 0 Å². The lowest BCUT2D eigenvalue weighted by Gasteiger charge is -2.27. The third-order valence-electron chi connectivity index (χ3n) is 7.73. The molecule has 0 radical (unpaired) electrons. The van der Waals surface area contributed by atoms with Crippen LogP contribution in [0.25, 0.3) is 21.8 Å². The molecule has 0 fully saturated rings. The highest BCUT2D eigenvalue weighted by Crippen LogP contribution is 2.42. The van der Waals surface area contributed by atoms with Crippen molar-refractivity contribution in [2.75, 3.05) is 0 Å². The van der Waals surface area contributed by atoms with Crippen LogP contribution < -0.4 is 0 Å². The summed E-state index contributed by atoms with van der Waals surface area (Å²) in [6.07, 6.45) is 0. The fraction of sp³-hybridized carbons (Fsp3) is 0.273. The quantitative estimate of drug-likeness (QED) is 0.146. The summed E-state index contributed by atoms with van der Waals surface area (Å²) in [6.45, 7) is 13.9. The van der Waals surface area contributed by atoms with Crippen LogP contribution in [0.1, 0.15) is 63.8 Å². The maximum atomic E-state index is 2.57. The second-order valence-electron chi connectivity index (χ2n) is 11.2. The van der Waals surface area contributed by atoms with Crippen LogP contribution in [-0.4, -0.2) is 4.57 Å². The molecule has 0 N–H and O–H groups in total. The Kier molecular flexibility index (Phi) is 5.87. The van der Waals surface area contributed by atoms with Crippen LogP contribution in [0.5, 0.6) is 0 Å². The number of hydrogen-bond acceptors (Lipinski definition) is 0. The van der Waals surface area contributed by atoms with E-state index in [-0.39, 0.29) is 14.4 Å². The predicted molar refractivity (Wildman–Crippen MR) is 160 cm³/mol. The van der Waals surface area contributed by atoms with Gasteiger partial charge in [0.25, 0.3) is 0 Å². The van der Waals surface area contributed by atoms with Crippen LogP contribution >= 0.6 is 22.6 Å². The Labute approximate surface area is 223 Å². The molecule has 2 heteroatoms. The molecule has 0 unspecified atom stereocenters. The second-order valence-corrected chi connectivity index (χ2v) is 13.8. The van der Waals surface area contributed by atoms with Gasteiger partial charge in [-0.25, -0.2) is 0 Å². The highest BCUT2D eigenvalue weighted by Gasteiger charge is 2.28. The van der Waals surface area contributed by atoms with Crippen LogP contribution in [-0.2, 0) is 14.4 Å². The number of benzene rings is 4. The summed E-state index contributed by atoms with van der Waals surface area (Å²) in [6, 6.07) is 35.9. The zero-order valence-corrected chi connectivity index (χ0v) is 23.7. The lowest BCUT2D eigenvalue weighted by atomic mass is 9.77. The number of halogens is 1. The van der Waals surface area contributed by atoms with E-state index in [1.165, 1.54) is 44.1 Å². The summed E-state index contributed by atoms with van der Waals surface area (Å²) in [5.74, 6) is 0. The van der Waals surface area contributed by atoms with E-state index in [0.717, 1.165) is 0 Å². The zero-order valence-electron chi connectivity index (χ0n) is 21.6. The Hall–Kier alpha value is -2.59. The summed E-state index contributed by atoms with van der Waals surface area (Å²) in [4.78, 5) is 0. The number of aromatic nitrogens is 1. The van der Waals surface area contributed by atoms with Gasteiger partial charge in [-0.1, -0.05) is 123 Å². The first-order chi connectivity index (χ1) is 16.5. The van der Waals surface area contributed by atoms with E-state index in [2.05, 4.69) is 166 Å². The fourth-order valence-electron chi connectivity index (χ4n) is 5.42. The van der Waals surface area contributed by atoms with Gasteiger partial charge in [0.2, 0.25) is 0 Å². The van der Waals surface area contributed by atoms with Gasteiger partial charge in [0.05, 0.1) is 14.6 Å². The molecule has 0 amide bonds. The van der Waals surface area contributed by atoms with E-state index in [1.54, 1.807) is 0 Å². The molecule has 1 heterocycles. The van der Waals surface area contributed by atoms with Gasteiger partial charge in [-0.15, -0.1) is 0 Å².